The van der Waals surface area contributed by atoms with Crippen molar-refractivity contribution >= 4 is 17.7 Å². The van der Waals surface area contributed by atoms with E-state index in [9.17, 15) is 0 Å². The summed E-state index contributed by atoms with van der Waals surface area (Å²) in [6, 6.07) is 10.2. The second kappa shape index (κ2) is 6.67. The number of hydrogen-bond donors (Lipinski definition) is 0. The quantitative estimate of drug-likeness (QED) is 0.607. The van der Waals surface area contributed by atoms with Crippen molar-refractivity contribution in [1.82, 2.24) is 0 Å². The molecule has 1 aromatic carbocycles. The molecular formula is C13H17Cl. The second-order valence-corrected chi connectivity index (χ2v) is 3.94. The third-order valence-electron chi connectivity index (χ3n) is 2.14. The van der Waals surface area contributed by atoms with Crippen LogP contribution < -0.4 is 0 Å². The van der Waals surface area contributed by atoms with Crippen molar-refractivity contribution in [1.29, 1.82) is 0 Å². The molecule has 1 aromatic rings. The van der Waals surface area contributed by atoms with Crippen molar-refractivity contribution in [3.8, 4) is 0 Å². The van der Waals surface area contributed by atoms with Crippen molar-refractivity contribution in [3.05, 3.63) is 40.9 Å². The Hall–Kier alpha value is -0.750. The molecule has 0 spiro atoms. The first kappa shape index (κ1) is 11.3. The lowest BCUT2D eigenvalue weighted by atomic mass is 10.1. The summed E-state index contributed by atoms with van der Waals surface area (Å²) in [6.45, 7) is 2.20. The van der Waals surface area contributed by atoms with Crippen LogP contribution in [0.4, 0.5) is 0 Å². The van der Waals surface area contributed by atoms with Gasteiger partial charge in [0.2, 0.25) is 0 Å². The number of allylic oxidation sites excluding steroid dienone is 1. The summed E-state index contributed by atoms with van der Waals surface area (Å²) >= 11 is 6.11. The Morgan fingerprint density at radius 3 is 2.57 bits per heavy atom. The molecule has 0 fully saturated rings. The van der Waals surface area contributed by atoms with Crippen molar-refractivity contribution in [2.75, 3.05) is 0 Å². The molecular weight excluding hydrogens is 192 g/mol. The lowest BCUT2D eigenvalue weighted by Crippen LogP contribution is -1.77. The first-order chi connectivity index (χ1) is 6.83. The molecule has 0 bridgehead atoms. The predicted molar refractivity (Wildman–Crippen MR) is 64.4 cm³/mol. The summed E-state index contributed by atoms with van der Waals surface area (Å²) in [5, 5.41) is 0.963. The van der Waals surface area contributed by atoms with Crippen LogP contribution >= 0.6 is 11.6 Å². The molecule has 0 nitrogen and oxygen atoms in total. The van der Waals surface area contributed by atoms with Crippen molar-refractivity contribution in [2.24, 2.45) is 0 Å². The van der Waals surface area contributed by atoms with Gasteiger partial charge < -0.3 is 0 Å². The molecule has 0 unspecified atom stereocenters. The van der Waals surface area contributed by atoms with E-state index in [1.807, 2.05) is 18.2 Å². The van der Waals surface area contributed by atoms with Gasteiger partial charge in [0, 0.05) is 5.03 Å². The van der Waals surface area contributed by atoms with E-state index in [1.165, 1.54) is 24.8 Å². The summed E-state index contributed by atoms with van der Waals surface area (Å²) < 4.78 is 0. The van der Waals surface area contributed by atoms with Gasteiger partial charge in [-0.2, -0.15) is 0 Å². The monoisotopic (exact) mass is 208 g/mol. The molecule has 0 aliphatic rings. The number of halogens is 1. The number of unbranched alkanes of at least 4 members (excludes halogenated alkanes) is 2. The highest BCUT2D eigenvalue weighted by atomic mass is 35.5. The van der Waals surface area contributed by atoms with E-state index >= 15 is 0 Å². The van der Waals surface area contributed by atoms with Gasteiger partial charge in [-0.1, -0.05) is 61.7 Å². The molecule has 14 heavy (non-hydrogen) atoms. The third-order valence-corrected chi connectivity index (χ3v) is 2.44. The van der Waals surface area contributed by atoms with Gasteiger partial charge in [0.25, 0.3) is 0 Å². The summed E-state index contributed by atoms with van der Waals surface area (Å²) in [7, 11) is 0. The van der Waals surface area contributed by atoms with E-state index in [1.54, 1.807) is 0 Å². The highest BCUT2D eigenvalue weighted by Crippen LogP contribution is 2.16. The van der Waals surface area contributed by atoms with E-state index in [0.29, 0.717) is 0 Å². The first-order valence-corrected chi connectivity index (χ1v) is 5.62. The Morgan fingerprint density at radius 1 is 1.21 bits per heavy atom. The highest BCUT2D eigenvalue weighted by molar-refractivity contribution is 6.31. The average molecular weight is 209 g/mol. The lowest BCUT2D eigenvalue weighted by Gasteiger charge is -1.98. The van der Waals surface area contributed by atoms with Crippen LogP contribution in [0, 0.1) is 0 Å². The summed E-state index contributed by atoms with van der Waals surface area (Å²) in [5.74, 6) is 0. The molecule has 1 heteroatoms. The van der Waals surface area contributed by atoms with Gasteiger partial charge in [-0.25, -0.2) is 0 Å². The maximum absolute atomic E-state index is 6.11. The smallest absolute Gasteiger partial charge is 0.0186 e. The number of rotatable bonds is 5. The molecule has 0 aliphatic carbocycles. The Bertz CT molecular complexity index is 275. The topological polar surface area (TPSA) is 0 Å². The largest absolute Gasteiger partial charge is 0.0891 e. The van der Waals surface area contributed by atoms with E-state index < -0.39 is 0 Å². The minimum Gasteiger partial charge on any atom is -0.0891 e. The zero-order valence-electron chi connectivity index (χ0n) is 8.67. The zero-order chi connectivity index (χ0) is 10.2. The van der Waals surface area contributed by atoms with Crippen LogP contribution in [0.15, 0.2) is 35.4 Å². The summed E-state index contributed by atoms with van der Waals surface area (Å²) in [6.07, 6.45) is 6.76. The fraction of sp³-hybridized carbons (Fsp3) is 0.385. The maximum atomic E-state index is 6.11. The molecule has 0 amide bonds. The van der Waals surface area contributed by atoms with Crippen LogP contribution in [0.25, 0.3) is 6.08 Å². The molecule has 1 rings (SSSR count). The fourth-order valence-electron chi connectivity index (χ4n) is 1.35. The Morgan fingerprint density at radius 2 is 1.93 bits per heavy atom. The van der Waals surface area contributed by atoms with E-state index in [2.05, 4.69) is 25.1 Å². The first-order valence-electron chi connectivity index (χ1n) is 5.24. The van der Waals surface area contributed by atoms with Gasteiger partial charge in [0.15, 0.2) is 0 Å². The molecule has 0 N–H and O–H groups in total. The second-order valence-electron chi connectivity index (χ2n) is 3.46. The van der Waals surface area contributed by atoms with Gasteiger partial charge in [0.05, 0.1) is 0 Å². The fourth-order valence-corrected chi connectivity index (χ4v) is 1.61. The minimum absolute atomic E-state index is 0.963. The van der Waals surface area contributed by atoms with E-state index in [0.717, 1.165) is 11.5 Å². The SMILES string of the molecule is CCCCC/C(Cl)=C/c1ccccc1. The van der Waals surface area contributed by atoms with Gasteiger partial charge in [-0.05, 0) is 24.5 Å². The summed E-state index contributed by atoms with van der Waals surface area (Å²) in [4.78, 5) is 0. The number of hydrogen-bond acceptors (Lipinski definition) is 0. The molecule has 0 heterocycles. The zero-order valence-corrected chi connectivity index (χ0v) is 9.43. The van der Waals surface area contributed by atoms with Crippen LogP contribution in [0.5, 0.6) is 0 Å². The lowest BCUT2D eigenvalue weighted by molar-refractivity contribution is 0.726. The Kier molecular flexibility index (Phi) is 5.39. The van der Waals surface area contributed by atoms with Gasteiger partial charge in [0.1, 0.15) is 0 Å². The van der Waals surface area contributed by atoms with Crippen LogP contribution in [0.2, 0.25) is 0 Å². The normalized spacial score (nSPS) is 11.7. The van der Waals surface area contributed by atoms with Crippen LogP contribution in [-0.2, 0) is 0 Å². The van der Waals surface area contributed by atoms with Crippen molar-refractivity contribution < 1.29 is 0 Å². The van der Waals surface area contributed by atoms with Gasteiger partial charge in [-0.3, -0.25) is 0 Å². The van der Waals surface area contributed by atoms with E-state index in [-0.39, 0.29) is 0 Å². The van der Waals surface area contributed by atoms with Gasteiger partial charge >= 0.3 is 0 Å². The Balaban J connectivity index is 2.43. The molecule has 0 saturated heterocycles. The summed E-state index contributed by atoms with van der Waals surface area (Å²) in [5.41, 5.74) is 1.19. The van der Waals surface area contributed by atoms with Crippen molar-refractivity contribution in [2.45, 2.75) is 32.6 Å². The molecule has 0 atom stereocenters. The van der Waals surface area contributed by atoms with Crippen LogP contribution in [0.1, 0.15) is 38.2 Å². The molecule has 0 aromatic heterocycles. The molecule has 0 radical (unpaired) electrons. The van der Waals surface area contributed by atoms with E-state index in [4.69, 9.17) is 11.6 Å². The minimum atomic E-state index is 0.963. The third kappa shape index (κ3) is 4.48. The molecule has 0 saturated carbocycles. The highest BCUT2D eigenvalue weighted by Gasteiger charge is 1.93. The Labute approximate surface area is 91.6 Å². The van der Waals surface area contributed by atoms with Crippen molar-refractivity contribution in [3.63, 3.8) is 0 Å². The van der Waals surface area contributed by atoms with Gasteiger partial charge in [-0.15, -0.1) is 0 Å². The maximum Gasteiger partial charge on any atom is 0.0186 e. The van der Waals surface area contributed by atoms with Crippen LogP contribution in [-0.4, -0.2) is 0 Å². The molecule has 76 valence electrons. The molecule has 0 aliphatic heterocycles. The predicted octanol–water partition coefficient (Wildman–Crippen LogP) is 4.85. The standard InChI is InChI=1S/C13H17Cl/c1-2-3-5-10-13(14)11-12-8-6-4-7-9-12/h4,6-9,11H,2-3,5,10H2,1H3/b13-11-. The average Bonchev–Trinajstić information content (AvgIpc) is 2.20. The number of benzene rings is 1. The van der Waals surface area contributed by atoms with Crippen LogP contribution in [0.3, 0.4) is 0 Å².